The summed E-state index contributed by atoms with van der Waals surface area (Å²) in [4.78, 5) is 28.5. The number of nitrogen functional groups attached to an aromatic ring is 1. The zero-order valence-electron chi connectivity index (χ0n) is 14.9. The van der Waals surface area contributed by atoms with Crippen molar-refractivity contribution >= 4 is 19.5 Å². The number of rotatable bonds is 6. The molecule has 0 amide bonds. The Bertz CT molecular complexity index is 1050. The fraction of sp³-hybridized carbons (Fsp3) is 0.333. The van der Waals surface area contributed by atoms with Crippen molar-refractivity contribution in [2.75, 3.05) is 12.3 Å². The normalized spacial score (nSPS) is 25.7. The number of nitrogens with two attached hydrogens (primary N) is 1. The van der Waals surface area contributed by atoms with Crippen LogP contribution >= 0.6 is 7.75 Å². The largest absolute Gasteiger partial charge is 0.858 e. The molecule has 4 N–H and O–H groups in total. The van der Waals surface area contributed by atoms with Crippen LogP contribution in [0.25, 0.3) is 0 Å². The lowest BCUT2D eigenvalue weighted by Gasteiger charge is -2.20. The average molecular weight is 446 g/mol. The quantitative estimate of drug-likeness (QED) is 0.283. The van der Waals surface area contributed by atoms with Gasteiger partial charge in [0, 0.05) is 30.1 Å². The summed E-state index contributed by atoms with van der Waals surface area (Å²) in [5, 5.41) is 21.7. The summed E-state index contributed by atoms with van der Waals surface area (Å²) < 4.78 is 53.8. The molecule has 1 aliphatic rings. The highest BCUT2D eigenvalue weighted by atomic mass is 31.2. The van der Waals surface area contributed by atoms with E-state index in [1.165, 1.54) is 18.3 Å². The van der Waals surface area contributed by atoms with Gasteiger partial charge >= 0.3 is 19.4 Å². The number of alkyl halides is 2. The second-order valence-electron chi connectivity index (χ2n) is 6.12. The van der Waals surface area contributed by atoms with Gasteiger partial charge in [-0.15, -0.1) is 0 Å². The lowest BCUT2D eigenvalue weighted by molar-refractivity contribution is -0.212. The first-order chi connectivity index (χ1) is 14.0. The molecule has 0 spiro atoms. The summed E-state index contributed by atoms with van der Waals surface area (Å²) in [6.45, 7) is -1.03. The first-order valence-corrected chi connectivity index (χ1v) is 9.75. The van der Waals surface area contributed by atoms with Crippen LogP contribution in [0.3, 0.4) is 0 Å². The van der Waals surface area contributed by atoms with Crippen LogP contribution in [0.1, 0.15) is 11.8 Å². The number of aromatic nitrogens is 3. The highest BCUT2D eigenvalue weighted by molar-refractivity contribution is 7.51. The molecule has 3 heterocycles. The number of anilines is 1. The van der Waals surface area contributed by atoms with Crippen molar-refractivity contribution in [1.29, 1.82) is 0 Å². The highest BCUT2D eigenvalue weighted by Crippen LogP contribution is 2.47. The second kappa shape index (κ2) is 8.16. The van der Waals surface area contributed by atoms with E-state index in [4.69, 9.17) is 10.5 Å². The van der Waals surface area contributed by atoms with Gasteiger partial charge in [0.05, 0.1) is 6.61 Å². The van der Waals surface area contributed by atoms with Crippen LogP contribution in [0, 0.1) is 0 Å². The van der Waals surface area contributed by atoms with E-state index >= 15 is 0 Å². The number of hydrogen-bond acceptors (Lipinski definition) is 9. The molecule has 0 bridgehead atoms. The Morgan fingerprint density at radius 3 is 2.87 bits per heavy atom. The van der Waals surface area contributed by atoms with E-state index in [2.05, 4.69) is 19.3 Å². The first kappa shape index (κ1) is 21.9. The number of pyridine rings is 1. The van der Waals surface area contributed by atoms with E-state index in [9.17, 15) is 33.2 Å². The molecule has 0 saturated carbocycles. The fourth-order valence-electron chi connectivity index (χ4n) is 2.57. The number of nitrogens with zero attached hydrogens (tertiary/aromatic N) is 4. The minimum atomic E-state index is -4.93. The van der Waals surface area contributed by atoms with E-state index in [0.29, 0.717) is 4.57 Å². The van der Waals surface area contributed by atoms with Gasteiger partial charge in [-0.1, -0.05) is 6.07 Å². The molecule has 1 aliphatic heterocycles. The molecule has 30 heavy (non-hydrogen) atoms. The van der Waals surface area contributed by atoms with E-state index in [1.54, 1.807) is 0 Å². The van der Waals surface area contributed by atoms with Gasteiger partial charge in [-0.05, 0) is 12.1 Å². The molecule has 2 aromatic heterocycles. The molecule has 0 aromatic carbocycles. The maximum absolute atomic E-state index is 14.4. The lowest BCUT2D eigenvalue weighted by Crippen LogP contribution is -2.41. The zero-order chi connectivity index (χ0) is 22.1. The van der Waals surface area contributed by atoms with Crippen LogP contribution in [0.2, 0.25) is 0 Å². The standard InChI is InChI=1S/C15H16F2N5O7P/c16-15(17)11(23)9(29-13(15)22-5-3-10(18)20-14(22)25)7-28-30(26,27)21-12(24)8-2-1-4-19-6-8/h1-6,9,11,13,23H,7H2,(H2,18,20,25)(H2,21,24,26,27)/p-1/t9-,11-,13-/m1/s1. The van der Waals surface area contributed by atoms with E-state index in [-0.39, 0.29) is 11.4 Å². The molecule has 0 radical (unpaired) electrons. The Labute approximate surface area is 166 Å². The minimum absolute atomic E-state index is 0.102. The summed E-state index contributed by atoms with van der Waals surface area (Å²) in [7, 11) is -4.93. The molecular formula is C15H15F2N5O7P-. The third-order valence-electron chi connectivity index (χ3n) is 4.02. The van der Waals surface area contributed by atoms with Crippen molar-refractivity contribution in [2.45, 2.75) is 24.4 Å². The molecule has 15 heteroatoms. The smallest absolute Gasteiger partial charge is 0.450 e. The molecule has 0 aliphatic carbocycles. The van der Waals surface area contributed by atoms with Crippen molar-refractivity contribution in [3.8, 4) is 0 Å². The fourth-order valence-corrected chi connectivity index (χ4v) is 3.32. The van der Waals surface area contributed by atoms with Gasteiger partial charge in [0.1, 0.15) is 11.9 Å². The molecule has 4 atom stereocenters. The van der Waals surface area contributed by atoms with Crippen molar-refractivity contribution in [3.63, 3.8) is 0 Å². The maximum Gasteiger partial charge on any atom is 0.450 e. The van der Waals surface area contributed by atoms with Crippen molar-refractivity contribution in [1.82, 2.24) is 14.5 Å². The third kappa shape index (κ3) is 4.52. The Hall–Kier alpha value is -2.77. The molecule has 1 saturated heterocycles. The van der Waals surface area contributed by atoms with Crippen LogP contribution < -0.4 is 16.5 Å². The van der Waals surface area contributed by atoms with Gasteiger partial charge in [0.25, 0.3) is 0 Å². The van der Waals surface area contributed by atoms with Gasteiger partial charge < -0.3 is 25.6 Å². The number of aliphatic hydroxyl groups excluding tert-OH is 1. The topological polar surface area (TPSA) is 185 Å². The second-order valence-corrected chi connectivity index (χ2v) is 7.56. The first-order valence-electron chi connectivity index (χ1n) is 8.22. The Morgan fingerprint density at radius 2 is 2.23 bits per heavy atom. The molecule has 12 nitrogen and oxygen atoms in total. The summed E-state index contributed by atoms with van der Waals surface area (Å²) in [5.41, 5.74) is 4.05. The van der Waals surface area contributed by atoms with Gasteiger partial charge in [0.2, 0.25) is 6.23 Å². The van der Waals surface area contributed by atoms with Crippen LogP contribution in [-0.2, 0) is 13.8 Å². The predicted octanol–water partition coefficient (Wildman–Crippen LogP) is -0.962. The summed E-state index contributed by atoms with van der Waals surface area (Å²) in [6.07, 6.45) is -3.23. The Morgan fingerprint density at radius 1 is 1.50 bits per heavy atom. The van der Waals surface area contributed by atoms with Gasteiger partial charge in [0.15, 0.2) is 6.10 Å². The van der Waals surface area contributed by atoms with Crippen LogP contribution in [0.4, 0.5) is 14.6 Å². The Balaban J connectivity index is 1.74. The van der Waals surface area contributed by atoms with Crippen LogP contribution in [0.5, 0.6) is 0 Å². The molecule has 2 aromatic rings. The highest BCUT2D eigenvalue weighted by Gasteiger charge is 2.60. The monoisotopic (exact) mass is 446 g/mol. The molecular weight excluding hydrogens is 431 g/mol. The third-order valence-corrected chi connectivity index (χ3v) is 4.94. The van der Waals surface area contributed by atoms with E-state index in [0.717, 1.165) is 18.5 Å². The van der Waals surface area contributed by atoms with Crippen molar-refractivity contribution in [3.05, 3.63) is 52.8 Å². The van der Waals surface area contributed by atoms with Crippen LogP contribution in [0.15, 0.2) is 46.3 Å². The average Bonchev–Trinajstić information content (AvgIpc) is 2.90. The predicted molar refractivity (Wildman–Crippen MR) is 94.3 cm³/mol. The van der Waals surface area contributed by atoms with Gasteiger partial charge in [-0.25, -0.2) is 9.36 Å². The van der Waals surface area contributed by atoms with Gasteiger partial charge in [-0.3, -0.25) is 14.1 Å². The van der Waals surface area contributed by atoms with Crippen molar-refractivity contribution in [2.24, 2.45) is 4.76 Å². The molecule has 162 valence electrons. The molecule has 1 unspecified atom stereocenters. The minimum Gasteiger partial charge on any atom is -0.858 e. The summed E-state index contributed by atoms with van der Waals surface area (Å²) in [5.74, 6) is -5.30. The number of halogens is 2. The zero-order valence-corrected chi connectivity index (χ0v) is 15.8. The summed E-state index contributed by atoms with van der Waals surface area (Å²) in [6, 6.07) is 3.75. The maximum atomic E-state index is 14.4. The molecule has 3 rings (SSSR count). The number of aliphatic hydroxyl groups is 1. The Kier molecular flexibility index (Phi) is 5.97. The van der Waals surface area contributed by atoms with Crippen molar-refractivity contribution < 1.29 is 37.7 Å². The molecule has 1 fully saturated rings. The summed E-state index contributed by atoms with van der Waals surface area (Å²) >= 11 is 0. The lowest BCUT2D eigenvalue weighted by atomic mass is 10.1. The van der Waals surface area contributed by atoms with Crippen LogP contribution in [-0.4, -0.2) is 55.2 Å². The van der Waals surface area contributed by atoms with E-state index < -0.39 is 50.3 Å². The number of ether oxygens (including phenoxy) is 1. The SMILES string of the molecule is Nc1ccn([C@@H]2O[C@H](COP(=O)(O)N=C([O-])c3cccnc3)[C@@H](O)C2(F)F)c(=O)n1. The van der Waals surface area contributed by atoms with E-state index in [1.807, 2.05) is 0 Å². The van der Waals surface area contributed by atoms with Gasteiger partial charge in [-0.2, -0.15) is 18.5 Å². The number of hydrogen-bond donors (Lipinski definition) is 3.